The van der Waals surface area contributed by atoms with Crippen LogP contribution in [0, 0.1) is 11.8 Å². The van der Waals surface area contributed by atoms with E-state index in [1.807, 2.05) is 0 Å². The molecule has 11 atom stereocenters. The molecule has 0 saturated carbocycles. The summed E-state index contributed by atoms with van der Waals surface area (Å²) in [5, 5.41) is 42.1. The van der Waals surface area contributed by atoms with Crippen LogP contribution in [-0.2, 0) is 54.3 Å². The molecule has 350 valence electrons. The third-order valence-electron chi connectivity index (χ3n) is 11.7. The fourth-order valence-electron chi connectivity index (χ4n) is 7.89. The molecular weight excluding hydrogens is 857 g/mol. The number of rotatable bonds is 7. The Hall–Kier alpha value is -5.78. The first-order chi connectivity index (χ1) is 30.3. The lowest BCUT2D eigenvalue weighted by atomic mass is 9.94. The Morgan fingerprint density at radius 3 is 2.23 bits per heavy atom. The predicted molar refractivity (Wildman–Crippen MR) is 229 cm³/mol. The lowest BCUT2D eigenvalue weighted by molar-refractivity contribution is -0.150. The van der Waals surface area contributed by atoms with Crippen molar-refractivity contribution < 1.29 is 58.1 Å². The molecule has 0 radical (unpaired) electrons. The average Bonchev–Trinajstić information content (AvgIpc) is 3.81. The highest BCUT2D eigenvalue weighted by Gasteiger charge is 2.45. The number of aliphatic hydroxyl groups excluding tert-OH is 2. The van der Waals surface area contributed by atoms with Crippen molar-refractivity contribution in [1.29, 1.82) is 0 Å². The van der Waals surface area contributed by atoms with Crippen LogP contribution in [0.15, 0.2) is 29.3 Å². The van der Waals surface area contributed by atoms with E-state index in [2.05, 4.69) is 42.2 Å². The molecule has 12 N–H and O–H groups in total. The zero-order valence-corrected chi connectivity index (χ0v) is 37.0. The van der Waals surface area contributed by atoms with Crippen LogP contribution in [0.3, 0.4) is 0 Å². The number of para-hydroxylation sites is 1. The second kappa shape index (κ2) is 21.7. The molecule has 1 aromatic heterocycles. The Morgan fingerprint density at radius 1 is 0.891 bits per heavy atom. The Morgan fingerprint density at radius 2 is 1.56 bits per heavy atom. The lowest BCUT2D eigenvalue weighted by Gasteiger charge is -2.34. The van der Waals surface area contributed by atoms with Gasteiger partial charge in [-0.25, -0.2) is 0 Å². The second-order valence-electron chi connectivity index (χ2n) is 16.5. The molecular formula is C41H58N10O12S. The molecule has 0 aliphatic carbocycles. The number of H-pyrrole nitrogens is 1. The average molecular weight is 915 g/mol. The number of ether oxygens (including phenoxy) is 1. The molecule has 1 saturated heterocycles. The van der Waals surface area contributed by atoms with Crippen LogP contribution in [0.1, 0.15) is 59.4 Å². The van der Waals surface area contributed by atoms with Crippen molar-refractivity contribution in [1.82, 2.24) is 47.1 Å². The van der Waals surface area contributed by atoms with E-state index in [-0.39, 0.29) is 18.6 Å². The number of carbonyl (C=O) groups excluding carboxylic acids is 9. The monoisotopic (exact) mass is 914 g/mol. The zero-order chi connectivity index (χ0) is 47.0. The summed E-state index contributed by atoms with van der Waals surface area (Å²) in [6.45, 7) is 6.05. The number of primary amides is 1. The summed E-state index contributed by atoms with van der Waals surface area (Å²) < 4.78 is 5.39. The molecule has 3 aliphatic heterocycles. The molecule has 2 bridgehead atoms. The molecule has 23 heteroatoms. The van der Waals surface area contributed by atoms with Crippen LogP contribution >= 0.6 is 11.8 Å². The Kier molecular flexibility index (Phi) is 16.7. The summed E-state index contributed by atoms with van der Waals surface area (Å²) >= 11 is 1.10. The van der Waals surface area contributed by atoms with Gasteiger partial charge in [0.1, 0.15) is 36.5 Å². The summed E-state index contributed by atoms with van der Waals surface area (Å²) in [5.41, 5.74) is 6.68. The fourth-order valence-corrected chi connectivity index (χ4v) is 9.05. The maximum Gasteiger partial charge on any atom is 0.302 e. The Labute approximate surface area is 373 Å². The second-order valence-corrected chi connectivity index (χ2v) is 17.5. The standard InChI is InChI=1S/C41H58N10O12S/c1-6-18(2)33-38(60)44-14-31(55)45-28-17-64-40-24(23-9-7-8-10-25(23)48-40)12-26(35(57)43-15-32(56)49-33)46-39(61)34(19(3)20(4)63-21(5)52)50-37(59)29-11-22(53)16-51(29)41(62)27(13-30(42)54)47-36(28)58/h7-10,18-20,22,26-29,33-34,36,47-48,53,58H,6,11-17H2,1-5H3,(H2,42,54)(H,43,57)(H,44,60)(H,45,55)(H,46,61)(H,49,56)(H,50,59)/t18-,19-,20?,22?,26?,27-,28?,29?,33?,34-,36?/m0/s1. The first-order valence-corrected chi connectivity index (χ1v) is 22.1. The number of aromatic amines is 1. The van der Waals surface area contributed by atoms with Gasteiger partial charge in [-0.2, -0.15) is 0 Å². The molecule has 1 fully saturated rings. The number of amides is 8. The van der Waals surface area contributed by atoms with Crippen LogP contribution in [0.5, 0.6) is 0 Å². The van der Waals surface area contributed by atoms with Crippen LogP contribution in [0.25, 0.3) is 10.9 Å². The molecule has 1 aromatic carbocycles. The highest BCUT2D eigenvalue weighted by molar-refractivity contribution is 7.99. The van der Waals surface area contributed by atoms with Gasteiger partial charge in [0.25, 0.3) is 0 Å². The number of thioether (sulfide) groups is 1. The smallest absolute Gasteiger partial charge is 0.302 e. The summed E-state index contributed by atoms with van der Waals surface area (Å²) in [6.07, 6.45) is -4.81. The predicted octanol–water partition coefficient (Wildman–Crippen LogP) is -3.25. The van der Waals surface area contributed by atoms with Gasteiger partial charge in [-0.15, -0.1) is 11.8 Å². The van der Waals surface area contributed by atoms with E-state index in [1.165, 1.54) is 13.8 Å². The van der Waals surface area contributed by atoms with Gasteiger partial charge in [-0.3, -0.25) is 48.5 Å². The van der Waals surface area contributed by atoms with Crippen LogP contribution in [0.2, 0.25) is 0 Å². The highest BCUT2D eigenvalue weighted by atomic mass is 32.2. The van der Waals surface area contributed by atoms with E-state index in [9.17, 15) is 53.4 Å². The van der Waals surface area contributed by atoms with E-state index >= 15 is 0 Å². The Balaban J connectivity index is 1.69. The fraction of sp³-hybridized carbons (Fsp3) is 0.585. The number of benzene rings is 1. The molecule has 3 aliphatic rings. The van der Waals surface area contributed by atoms with Gasteiger partial charge in [-0.1, -0.05) is 45.4 Å². The number of carbonyl (C=O) groups is 9. The highest BCUT2D eigenvalue weighted by Crippen LogP contribution is 2.32. The van der Waals surface area contributed by atoms with Gasteiger partial charge in [0.15, 0.2) is 0 Å². The normalized spacial score (nSPS) is 28.5. The number of aliphatic hydroxyl groups is 2. The first kappa shape index (κ1) is 49.2. The largest absolute Gasteiger partial charge is 0.462 e. The molecule has 7 unspecified atom stereocenters. The third kappa shape index (κ3) is 12.3. The van der Waals surface area contributed by atoms with Crippen molar-refractivity contribution in [2.75, 3.05) is 25.4 Å². The maximum absolute atomic E-state index is 14.6. The van der Waals surface area contributed by atoms with Crippen molar-refractivity contribution in [3.05, 3.63) is 29.8 Å². The summed E-state index contributed by atoms with van der Waals surface area (Å²) in [5.74, 6) is -9.02. The van der Waals surface area contributed by atoms with Gasteiger partial charge < -0.3 is 62.5 Å². The minimum Gasteiger partial charge on any atom is -0.462 e. The van der Waals surface area contributed by atoms with E-state index in [0.717, 1.165) is 23.6 Å². The van der Waals surface area contributed by atoms with Gasteiger partial charge >= 0.3 is 5.97 Å². The van der Waals surface area contributed by atoms with Gasteiger partial charge in [0.05, 0.1) is 42.7 Å². The van der Waals surface area contributed by atoms with E-state index in [0.29, 0.717) is 27.9 Å². The first-order valence-electron chi connectivity index (χ1n) is 21.1. The Bertz CT molecular complexity index is 2120. The number of fused-ring (bicyclic) bond motifs is 5. The van der Waals surface area contributed by atoms with Crippen LogP contribution in [-0.4, -0.2) is 153 Å². The number of nitrogens with zero attached hydrogens (tertiary/aromatic N) is 1. The number of hydrogen-bond acceptors (Lipinski definition) is 14. The van der Waals surface area contributed by atoms with Crippen molar-refractivity contribution in [3.63, 3.8) is 0 Å². The third-order valence-corrected chi connectivity index (χ3v) is 12.9. The van der Waals surface area contributed by atoms with E-state index in [1.54, 1.807) is 38.1 Å². The molecule has 8 amide bonds. The van der Waals surface area contributed by atoms with Crippen molar-refractivity contribution in [3.8, 4) is 0 Å². The van der Waals surface area contributed by atoms with Crippen molar-refractivity contribution >= 4 is 75.9 Å². The van der Waals surface area contributed by atoms with E-state index < -0.39 is 146 Å². The van der Waals surface area contributed by atoms with Crippen LogP contribution < -0.4 is 43.0 Å². The van der Waals surface area contributed by atoms with Gasteiger partial charge in [0, 0.05) is 48.9 Å². The summed E-state index contributed by atoms with van der Waals surface area (Å²) in [4.78, 5) is 127. The number of hydrogen-bond donors (Lipinski definition) is 11. The SMILES string of the molecule is CC[C@H](C)C1NC(=O)CNC(=O)C2Cc3c([nH]c4ccccc34)SCC(NC(=O)CNC1=O)C(O)N[C@@H](CC(N)=O)C(=O)N1CC(O)CC1C(=O)N[C@@H]([C@@H](C)C(C)OC(C)=O)C(=O)N2. The molecule has 22 nitrogen and oxygen atoms in total. The quantitative estimate of drug-likeness (QED) is 0.122. The maximum atomic E-state index is 14.6. The molecule has 4 heterocycles. The molecule has 0 spiro atoms. The zero-order valence-electron chi connectivity index (χ0n) is 36.2. The number of nitrogens with two attached hydrogens (primary N) is 1. The summed E-state index contributed by atoms with van der Waals surface area (Å²) in [7, 11) is 0. The number of aromatic nitrogens is 1. The van der Waals surface area contributed by atoms with E-state index in [4.69, 9.17) is 10.5 Å². The van der Waals surface area contributed by atoms with Crippen LogP contribution in [0.4, 0.5) is 0 Å². The number of esters is 1. The molecule has 64 heavy (non-hydrogen) atoms. The minimum absolute atomic E-state index is 0.138. The molecule has 2 aromatic rings. The van der Waals surface area contributed by atoms with Gasteiger partial charge in [-0.05, 0) is 24.5 Å². The topological polar surface area (TPSA) is 333 Å². The minimum atomic E-state index is -1.80. The van der Waals surface area contributed by atoms with Crippen molar-refractivity contribution in [2.24, 2.45) is 17.6 Å². The molecule has 5 rings (SSSR count). The lowest BCUT2D eigenvalue weighted by Crippen LogP contribution is -2.62. The van der Waals surface area contributed by atoms with Gasteiger partial charge in [0.2, 0.25) is 47.3 Å². The van der Waals surface area contributed by atoms with Crippen molar-refractivity contribution in [2.45, 2.75) is 120 Å². The summed E-state index contributed by atoms with van der Waals surface area (Å²) in [6, 6.07) is -1.40. The number of nitrogens with one attached hydrogen (secondary N) is 8.